The van der Waals surface area contributed by atoms with Crippen LogP contribution in [0.25, 0.3) is 0 Å². The fourth-order valence-electron chi connectivity index (χ4n) is 2.19. The average Bonchev–Trinajstić information content (AvgIpc) is 2.10. The van der Waals surface area contributed by atoms with E-state index in [0.29, 0.717) is 0 Å². The van der Waals surface area contributed by atoms with Crippen molar-refractivity contribution < 1.29 is 0 Å². The molecule has 1 rings (SSSR count). The summed E-state index contributed by atoms with van der Waals surface area (Å²) in [4.78, 5) is 2.51. The van der Waals surface area contributed by atoms with Gasteiger partial charge in [0.25, 0.3) is 0 Å². The summed E-state index contributed by atoms with van der Waals surface area (Å²) in [7, 11) is 2.25. The Balaban J connectivity index is 2.45. The number of likely N-dealkylation sites (N-methyl/N-ethyl adjacent to an activating group) is 1. The Morgan fingerprint density at radius 3 is 2.58 bits per heavy atom. The van der Waals surface area contributed by atoms with Crippen LogP contribution in [0.5, 0.6) is 0 Å². The van der Waals surface area contributed by atoms with E-state index in [1.807, 2.05) is 0 Å². The average molecular weight is 170 g/mol. The van der Waals surface area contributed by atoms with Gasteiger partial charge in [-0.25, -0.2) is 0 Å². The van der Waals surface area contributed by atoms with Crippen LogP contribution in [0.4, 0.5) is 0 Å². The summed E-state index contributed by atoms with van der Waals surface area (Å²) in [6.45, 7) is 8.16. The van der Waals surface area contributed by atoms with Crippen molar-refractivity contribution in [3.8, 4) is 0 Å². The molecule has 1 aliphatic heterocycles. The van der Waals surface area contributed by atoms with E-state index in [1.54, 1.807) is 0 Å². The highest BCUT2D eigenvalue weighted by molar-refractivity contribution is 4.82. The van der Waals surface area contributed by atoms with Crippen LogP contribution in [0.1, 0.15) is 26.7 Å². The summed E-state index contributed by atoms with van der Waals surface area (Å²) in [6.07, 6.45) is 2.63. The first-order valence-electron chi connectivity index (χ1n) is 5.20. The van der Waals surface area contributed by atoms with Crippen molar-refractivity contribution in [2.24, 2.45) is 5.92 Å². The van der Waals surface area contributed by atoms with E-state index >= 15 is 0 Å². The van der Waals surface area contributed by atoms with Crippen LogP contribution in [0.3, 0.4) is 0 Å². The zero-order valence-electron chi connectivity index (χ0n) is 8.64. The number of nitrogens with zero attached hydrogens (tertiary/aromatic N) is 1. The van der Waals surface area contributed by atoms with Gasteiger partial charge in [0.05, 0.1) is 0 Å². The number of piperazine rings is 1. The van der Waals surface area contributed by atoms with E-state index in [0.717, 1.165) is 18.5 Å². The quantitative estimate of drug-likeness (QED) is 0.687. The van der Waals surface area contributed by atoms with Gasteiger partial charge < -0.3 is 10.2 Å². The monoisotopic (exact) mass is 170 g/mol. The van der Waals surface area contributed by atoms with E-state index in [-0.39, 0.29) is 0 Å². The highest BCUT2D eigenvalue weighted by atomic mass is 15.2. The molecule has 1 fully saturated rings. The first-order valence-corrected chi connectivity index (χ1v) is 5.20. The zero-order valence-corrected chi connectivity index (χ0v) is 8.64. The molecule has 1 N–H and O–H groups in total. The lowest BCUT2D eigenvalue weighted by Crippen LogP contribution is -2.52. The Kier molecular flexibility index (Phi) is 4.02. The maximum Gasteiger partial charge on any atom is 0.0246 e. The van der Waals surface area contributed by atoms with Crippen LogP contribution in [0, 0.1) is 5.92 Å². The van der Waals surface area contributed by atoms with Crippen molar-refractivity contribution in [2.75, 3.05) is 26.7 Å². The van der Waals surface area contributed by atoms with Crippen molar-refractivity contribution in [2.45, 2.75) is 32.7 Å². The van der Waals surface area contributed by atoms with Gasteiger partial charge in [-0.3, -0.25) is 0 Å². The number of hydrogen-bond acceptors (Lipinski definition) is 2. The summed E-state index contributed by atoms with van der Waals surface area (Å²) in [5.74, 6) is 0.878. The molecule has 12 heavy (non-hydrogen) atoms. The van der Waals surface area contributed by atoms with E-state index < -0.39 is 0 Å². The van der Waals surface area contributed by atoms with E-state index in [1.165, 1.54) is 25.9 Å². The predicted molar refractivity (Wildman–Crippen MR) is 53.4 cm³/mol. The van der Waals surface area contributed by atoms with Gasteiger partial charge >= 0.3 is 0 Å². The lowest BCUT2D eigenvalue weighted by molar-refractivity contribution is 0.136. The molecule has 0 amide bonds. The number of nitrogens with one attached hydrogen (secondary N) is 1. The smallest absolute Gasteiger partial charge is 0.0246 e. The molecule has 0 bridgehead atoms. The Bertz CT molecular complexity index is 121. The highest BCUT2D eigenvalue weighted by Crippen LogP contribution is 2.18. The van der Waals surface area contributed by atoms with Gasteiger partial charge in [-0.2, -0.15) is 0 Å². The van der Waals surface area contributed by atoms with E-state index in [4.69, 9.17) is 0 Å². The van der Waals surface area contributed by atoms with Crippen molar-refractivity contribution >= 4 is 0 Å². The normalized spacial score (nSPS) is 26.5. The molecular formula is C10H22N2. The summed E-state index contributed by atoms with van der Waals surface area (Å²) >= 11 is 0. The maximum absolute atomic E-state index is 3.47. The molecule has 0 saturated carbocycles. The van der Waals surface area contributed by atoms with E-state index in [9.17, 15) is 0 Å². The fraction of sp³-hybridized carbons (Fsp3) is 1.00. The van der Waals surface area contributed by atoms with Crippen molar-refractivity contribution in [3.05, 3.63) is 0 Å². The van der Waals surface area contributed by atoms with Gasteiger partial charge in [0.2, 0.25) is 0 Å². The van der Waals surface area contributed by atoms with Gasteiger partial charge in [-0.05, 0) is 13.0 Å². The molecule has 1 unspecified atom stereocenters. The molecule has 1 aliphatic rings. The standard InChI is InChI=1S/C10H22N2/c1-4-9(5-2)10-8-11-6-7-12(10)3/h9-11H,4-8H2,1-3H3. The second-order valence-corrected chi connectivity index (χ2v) is 3.83. The molecule has 1 heterocycles. The SMILES string of the molecule is CCC(CC)C1CNCCN1C. The van der Waals surface area contributed by atoms with Gasteiger partial charge in [-0.15, -0.1) is 0 Å². The molecule has 72 valence electrons. The Hall–Kier alpha value is -0.0800. The first-order chi connectivity index (χ1) is 5.79. The Labute approximate surface area is 76.3 Å². The Morgan fingerprint density at radius 1 is 1.42 bits per heavy atom. The van der Waals surface area contributed by atoms with Crippen LogP contribution in [-0.4, -0.2) is 37.6 Å². The second kappa shape index (κ2) is 4.83. The molecule has 1 saturated heterocycles. The summed E-state index contributed by atoms with van der Waals surface area (Å²) in [5.41, 5.74) is 0. The van der Waals surface area contributed by atoms with Gasteiger partial charge in [0, 0.05) is 25.7 Å². The van der Waals surface area contributed by atoms with Gasteiger partial charge in [-0.1, -0.05) is 26.7 Å². The lowest BCUT2D eigenvalue weighted by Gasteiger charge is -2.37. The third-order valence-corrected chi connectivity index (χ3v) is 3.15. The first kappa shape index (κ1) is 10.0. The summed E-state index contributed by atoms with van der Waals surface area (Å²) < 4.78 is 0. The minimum Gasteiger partial charge on any atom is -0.314 e. The molecular weight excluding hydrogens is 148 g/mol. The van der Waals surface area contributed by atoms with Crippen molar-refractivity contribution in [1.82, 2.24) is 10.2 Å². The topological polar surface area (TPSA) is 15.3 Å². The van der Waals surface area contributed by atoms with Gasteiger partial charge in [0.15, 0.2) is 0 Å². The largest absolute Gasteiger partial charge is 0.314 e. The Morgan fingerprint density at radius 2 is 2.08 bits per heavy atom. The molecule has 2 heteroatoms. The molecule has 0 aromatic rings. The zero-order chi connectivity index (χ0) is 8.97. The minimum absolute atomic E-state index is 0.772. The van der Waals surface area contributed by atoms with Gasteiger partial charge in [0.1, 0.15) is 0 Å². The third-order valence-electron chi connectivity index (χ3n) is 3.15. The van der Waals surface area contributed by atoms with E-state index in [2.05, 4.69) is 31.1 Å². The third kappa shape index (κ3) is 2.20. The van der Waals surface area contributed by atoms with Crippen LogP contribution in [-0.2, 0) is 0 Å². The number of hydrogen-bond donors (Lipinski definition) is 1. The summed E-state index contributed by atoms with van der Waals surface area (Å²) in [5, 5.41) is 3.47. The molecule has 0 aliphatic carbocycles. The van der Waals surface area contributed by atoms with Crippen LogP contribution in [0.2, 0.25) is 0 Å². The minimum atomic E-state index is 0.772. The van der Waals surface area contributed by atoms with Crippen LogP contribution in [0.15, 0.2) is 0 Å². The summed E-state index contributed by atoms with van der Waals surface area (Å²) in [6, 6.07) is 0.772. The molecule has 0 aromatic heterocycles. The fourth-order valence-corrected chi connectivity index (χ4v) is 2.19. The second-order valence-electron chi connectivity index (χ2n) is 3.83. The molecule has 0 aromatic carbocycles. The number of rotatable bonds is 3. The van der Waals surface area contributed by atoms with Crippen LogP contribution < -0.4 is 5.32 Å². The lowest BCUT2D eigenvalue weighted by atomic mass is 9.92. The molecule has 0 radical (unpaired) electrons. The molecule has 2 nitrogen and oxygen atoms in total. The highest BCUT2D eigenvalue weighted by Gasteiger charge is 2.24. The van der Waals surface area contributed by atoms with Crippen molar-refractivity contribution in [3.63, 3.8) is 0 Å². The maximum atomic E-state index is 3.47. The predicted octanol–water partition coefficient (Wildman–Crippen LogP) is 1.33. The molecule has 0 spiro atoms. The molecule has 1 atom stereocenters. The van der Waals surface area contributed by atoms with Crippen LogP contribution >= 0.6 is 0 Å². The van der Waals surface area contributed by atoms with Crippen molar-refractivity contribution in [1.29, 1.82) is 0 Å².